The summed E-state index contributed by atoms with van der Waals surface area (Å²) >= 11 is 1.20. The van der Waals surface area contributed by atoms with Crippen LogP contribution in [0, 0.1) is 17.8 Å². The van der Waals surface area contributed by atoms with Crippen LogP contribution in [-0.4, -0.2) is 167 Å². The molecule has 23 heteroatoms. The van der Waals surface area contributed by atoms with Crippen molar-refractivity contribution in [3.63, 3.8) is 0 Å². The van der Waals surface area contributed by atoms with E-state index in [9.17, 15) is 54.0 Å². The number of ether oxygens (including phenoxy) is 1. The van der Waals surface area contributed by atoms with E-state index in [0.29, 0.717) is 70.3 Å². The molecule has 11 atom stereocenters. The number of carbonyl (C=O) groups excluding carboxylic acids is 7. The first-order valence-corrected chi connectivity index (χ1v) is 26.3. The molecule has 3 amide bonds. The number of thioether (sulfide) groups is 1. The number of nitrogens with one attached hydrogen (secondary N) is 7. The van der Waals surface area contributed by atoms with Gasteiger partial charge in [-0.1, -0.05) is 60.1 Å². The number of benzene rings is 1. The van der Waals surface area contributed by atoms with Gasteiger partial charge in [-0.15, -0.1) is 11.8 Å². The number of aliphatic hydroxyl groups is 4. The third-order valence-corrected chi connectivity index (χ3v) is 13.4. The molecule has 72 heavy (non-hydrogen) atoms. The SMILES string of the molecule is CNC(NC(NC(=O)C(CCCCN)NC(NC(NC(=O)C(NC(=O)c1ccc(CCS[C@@H]2O[C@H](CO)[C@H](O)[C@H](O)[C@H]2O)cc1)C(C)C)C(=O)C(C)C)C(=O)C(C)C)C(=O)CCCCN)C(=O)CCCCN. The molecular weight excluding hydrogens is 953 g/mol. The molecule has 0 bridgehead atoms. The van der Waals surface area contributed by atoms with Crippen LogP contribution < -0.4 is 54.4 Å². The zero-order chi connectivity index (χ0) is 54.1. The van der Waals surface area contributed by atoms with Gasteiger partial charge in [0, 0.05) is 30.2 Å². The Hall–Kier alpha value is -3.82. The quantitative estimate of drug-likeness (QED) is 0.0263. The lowest BCUT2D eigenvalue weighted by Crippen LogP contribution is -2.67. The molecule has 6 unspecified atom stereocenters. The molecule has 22 nitrogen and oxygen atoms in total. The summed E-state index contributed by atoms with van der Waals surface area (Å²) in [5.41, 5.74) is 17.3. The predicted molar refractivity (Wildman–Crippen MR) is 275 cm³/mol. The first-order chi connectivity index (χ1) is 34.1. The number of likely N-dealkylation sites (N-methyl/N-ethyl adjacent to an activating group) is 1. The van der Waals surface area contributed by atoms with Crippen molar-refractivity contribution in [3.8, 4) is 0 Å². The summed E-state index contributed by atoms with van der Waals surface area (Å²) in [6.07, 6.45) is -6.53. The van der Waals surface area contributed by atoms with Crippen molar-refractivity contribution in [1.82, 2.24) is 37.2 Å². The second-order valence-electron chi connectivity index (χ2n) is 19.1. The average Bonchev–Trinajstić information content (AvgIpc) is 3.35. The van der Waals surface area contributed by atoms with E-state index in [-0.39, 0.29) is 30.6 Å². The van der Waals surface area contributed by atoms with E-state index in [1.165, 1.54) is 11.8 Å². The van der Waals surface area contributed by atoms with E-state index in [1.807, 2.05) is 0 Å². The number of aryl methyl sites for hydroxylation is 1. The lowest BCUT2D eigenvalue weighted by molar-refractivity contribution is -0.205. The van der Waals surface area contributed by atoms with Crippen LogP contribution in [0.15, 0.2) is 24.3 Å². The Labute approximate surface area is 429 Å². The molecule has 0 spiro atoms. The summed E-state index contributed by atoms with van der Waals surface area (Å²) in [5.74, 6) is -4.88. The molecule has 1 aliphatic rings. The Balaban J connectivity index is 2.35. The molecule has 1 saturated heterocycles. The van der Waals surface area contributed by atoms with Crippen LogP contribution in [0.3, 0.4) is 0 Å². The highest BCUT2D eigenvalue weighted by Gasteiger charge is 2.43. The van der Waals surface area contributed by atoms with Gasteiger partial charge in [-0.3, -0.25) is 54.8 Å². The van der Waals surface area contributed by atoms with Crippen LogP contribution in [0.1, 0.15) is 115 Å². The zero-order valence-corrected chi connectivity index (χ0v) is 44.0. The van der Waals surface area contributed by atoms with E-state index >= 15 is 0 Å². The number of nitrogens with two attached hydrogens (primary N) is 3. The van der Waals surface area contributed by atoms with E-state index in [1.54, 1.807) is 72.9 Å². The van der Waals surface area contributed by atoms with Crippen molar-refractivity contribution < 1.29 is 58.7 Å². The standard InChI is InChI=1S/C49H86N10O12S/c1-27(2)36(55-46(68)31-19-17-30(18-20-31)21-25-72-49-41(67)40(66)39(65)35(26-60)71-49)48(70)59-45(38(64)29(5)6)57-44(37(63)28(3)4)54-32(14-8-11-22-50)47(69)58-43(34(62)16-10-13-24-52)56-42(53-7)33(61)15-9-12-23-51/h17-20,27-29,32,35-36,39-45,49,53-54,56-57,60,65-67H,8-16,21-26,50-52H2,1-7H3,(H,55,68)(H,58,69)(H,59,70)/t32?,35-,36?,39+,40+,41-,42?,43?,44?,45?,49+/m1/s1. The van der Waals surface area contributed by atoms with Gasteiger partial charge in [-0.2, -0.15) is 0 Å². The van der Waals surface area contributed by atoms with Crippen LogP contribution in [0.4, 0.5) is 0 Å². The van der Waals surface area contributed by atoms with Crippen molar-refractivity contribution in [2.24, 2.45) is 35.0 Å². The molecule has 1 aliphatic heterocycles. The van der Waals surface area contributed by atoms with Gasteiger partial charge in [0.25, 0.3) is 5.91 Å². The summed E-state index contributed by atoms with van der Waals surface area (Å²) in [6.45, 7) is 10.5. The van der Waals surface area contributed by atoms with Gasteiger partial charge in [-0.05, 0) is 101 Å². The van der Waals surface area contributed by atoms with E-state index < -0.39 is 126 Å². The van der Waals surface area contributed by atoms with Gasteiger partial charge in [0.15, 0.2) is 23.1 Å². The maximum Gasteiger partial charge on any atom is 0.251 e. The van der Waals surface area contributed by atoms with E-state index in [0.717, 1.165) is 5.56 Å². The number of unbranched alkanes of at least 4 members (excludes halogenated alkanes) is 3. The Morgan fingerprint density at radius 2 is 1.17 bits per heavy atom. The maximum absolute atomic E-state index is 14.3. The van der Waals surface area contributed by atoms with Crippen LogP contribution in [0.5, 0.6) is 0 Å². The summed E-state index contributed by atoms with van der Waals surface area (Å²) in [4.78, 5) is 96.8. The highest BCUT2D eigenvalue weighted by molar-refractivity contribution is 7.99. The number of aliphatic hydroxyl groups excluding tert-OH is 4. The molecule has 0 saturated carbocycles. The minimum absolute atomic E-state index is 0.0514. The van der Waals surface area contributed by atoms with Crippen LogP contribution >= 0.6 is 11.8 Å². The molecule has 0 radical (unpaired) electrons. The monoisotopic (exact) mass is 1040 g/mol. The lowest BCUT2D eigenvalue weighted by Gasteiger charge is -2.39. The average molecular weight is 1040 g/mol. The number of Topliss-reactive ketones (excluding diaryl/α,β-unsaturated/α-hetero) is 4. The summed E-state index contributed by atoms with van der Waals surface area (Å²) in [7, 11) is 1.55. The molecule has 1 aromatic rings. The smallest absolute Gasteiger partial charge is 0.251 e. The summed E-state index contributed by atoms with van der Waals surface area (Å²) in [6, 6.07) is 4.31. The molecule has 17 N–H and O–H groups in total. The van der Waals surface area contributed by atoms with Gasteiger partial charge < -0.3 is 58.3 Å². The van der Waals surface area contributed by atoms with Crippen LogP contribution in [-0.2, 0) is 39.9 Å². The molecular formula is C49H86N10O12S. The Bertz CT molecular complexity index is 1850. The first kappa shape index (κ1) is 64.3. The van der Waals surface area contributed by atoms with Crippen molar-refractivity contribution in [3.05, 3.63) is 35.4 Å². The number of rotatable bonds is 37. The first-order valence-electron chi connectivity index (χ1n) is 25.3. The summed E-state index contributed by atoms with van der Waals surface area (Å²) < 4.78 is 5.56. The molecule has 1 fully saturated rings. The van der Waals surface area contributed by atoms with Gasteiger partial charge in [-0.25, -0.2) is 0 Å². The maximum atomic E-state index is 14.3. The van der Waals surface area contributed by atoms with Gasteiger partial charge in [0.1, 0.15) is 60.6 Å². The number of carbonyl (C=O) groups is 7. The fourth-order valence-corrected chi connectivity index (χ4v) is 8.84. The zero-order valence-electron chi connectivity index (χ0n) is 43.2. The molecule has 1 aromatic carbocycles. The Kier molecular flexibility index (Phi) is 30.3. The number of ketones is 4. The van der Waals surface area contributed by atoms with E-state index in [2.05, 4.69) is 37.2 Å². The number of hydrogen-bond donors (Lipinski definition) is 14. The third kappa shape index (κ3) is 21.2. The van der Waals surface area contributed by atoms with Crippen molar-refractivity contribution in [2.75, 3.05) is 39.0 Å². The lowest BCUT2D eigenvalue weighted by atomic mass is 10.00. The largest absolute Gasteiger partial charge is 0.394 e. The molecule has 1 heterocycles. The Morgan fingerprint density at radius 3 is 1.69 bits per heavy atom. The van der Waals surface area contributed by atoms with Crippen molar-refractivity contribution in [2.45, 2.75) is 172 Å². The fourth-order valence-electron chi connectivity index (χ4n) is 7.67. The van der Waals surface area contributed by atoms with Crippen molar-refractivity contribution in [1.29, 1.82) is 0 Å². The minimum Gasteiger partial charge on any atom is -0.394 e. The number of amides is 3. The molecule has 2 rings (SSSR count). The van der Waals surface area contributed by atoms with Crippen LogP contribution in [0.25, 0.3) is 0 Å². The highest BCUT2D eigenvalue weighted by Crippen LogP contribution is 2.29. The molecule has 0 aromatic heterocycles. The fraction of sp³-hybridized carbons (Fsp3) is 0.735. The van der Waals surface area contributed by atoms with E-state index in [4.69, 9.17) is 21.9 Å². The van der Waals surface area contributed by atoms with Gasteiger partial charge >= 0.3 is 0 Å². The Morgan fingerprint density at radius 1 is 0.639 bits per heavy atom. The topological polar surface area (TPSA) is 372 Å². The molecule has 410 valence electrons. The van der Waals surface area contributed by atoms with Crippen LogP contribution in [0.2, 0.25) is 0 Å². The molecule has 0 aliphatic carbocycles. The van der Waals surface area contributed by atoms with Gasteiger partial charge in [0.05, 0.1) is 12.6 Å². The normalized spacial score (nSPS) is 20.6. The second-order valence-corrected chi connectivity index (χ2v) is 20.3. The number of hydrogen-bond acceptors (Lipinski definition) is 20. The van der Waals surface area contributed by atoms with Gasteiger partial charge in [0.2, 0.25) is 11.8 Å². The highest BCUT2D eigenvalue weighted by atomic mass is 32.2. The summed E-state index contributed by atoms with van der Waals surface area (Å²) in [5, 5.41) is 60.2. The minimum atomic E-state index is -1.48. The third-order valence-electron chi connectivity index (χ3n) is 12.2. The van der Waals surface area contributed by atoms with Crippen molar-refractivity contribution >= 4 is 52.6 Å². The predicted octanol–water partition coefficient (Wildman–Crippen LogP) is -1.61. The second kappa shape index (κ2) is 33.9.